The van der Waals surface area contributed by atoms with E-state index in [0.717, 1.165) is 11.1 Å². The van der Waals surface area contributed by atoms with Gasteiger partial charge in [0.2, 0.25) is 0 Å². The Morgan fingerprint density at radius 3 is 1.94 bits per heavy atom. The first kappa shape index (κ1) is 21.4. The molecule has 0 radical (unpaired) electrons. The predicted octanol–water partition coefficient (Wildman–Crippen LogP) is 5.04. The summed E-state index contributed by atoms with van der Waals surface area (Å²) >= 11 is 0. The van der Waals surface area contributed by atoms with E-state index in [1.165, 1.54) is 4.90 Å². The van der Waals surface area contributed by atoms with Crippen molar-refractivity contribution < 1.29 is 17.9 Å². The summed E-state index contributed by atoms with van der Waals surface area (Å²) in [7, 11) is 0. The van der Waals surface area contributed by atoms with Gasteiger partial charge < -0.3 is 10.1 Å². The highest BCUT2D eigenvalue weighted by molar-refractivity contribution is 5.23. The number of hydrogen-bond donors (Lipinski definition) is 1. The highest BCUT2D eigenvalue weighted by atomic mass is 19.4. The predicted molar refractivity (Wildman–Crippen MR) is 115 cm³/mol. The zero-order valence-electron chi connectivity index (χ0n) is 17.0. The van der Waals surface area contributed by atoms with Crippen molar-refractivity contribution in [3.05, 3.63) is 102 Å². The minimum atomic E-state index is -4.39. The molecule has 4 rings (SSSR count). The van der Waals surface area contributed by atoms with E-state index in [1.54, 1.807) is 12.1 Å². The fourth-order valence-corrected chi connectivity index (χ4v) is 4.14. The third-order valence-electron chi connectivity index (χ3n) is 5.53. The minimum Gasteiger partial charge on any atom is -0.487 e. The summed E-state index contributed by atoms with van der Waals surface area (Å²) < 4.78 is 48.9. The number of nitrogens with one attached hydrogen (secondary N) is 1. The van der Waals surface area contributed by atoms with Gasteiger partial charge in [0.15, 0.2) is 0 Å². The molecule has 3 aromatic carbocycles. The molecule has 31 heavy (non-hydrogen) atoms. The van der Waals surface area contributed by atoms with E-state index in [0.29, 0.717) is 12.3 Å². The van der Waals surface area contributed by atoms with Crippen molar-refractivity contribution in [1.82, 2.24) is 10.2 Å². The minimum absolute atomic E-state index is 0.181. The Balaban J connectivity index is 1.60. The lowest BCUT2D eigenvalue weighted by atomic mass is 10.1. The topological polar surface area (TPSA) is 24.5 Å². The molecule has 0 amide bonds. The van der Waals surface area contributed by atoms with Crippen molar-refractivity contribution in [2.24, 2.45) is 0 Å². The van der Waals surface area contributed by atoms with Gasteiger partial charge in [-0.05, 0) is 23.3 Å². The van der Waals surface area contributed by atoms with E-state index in [4.69, 9.17) is 4.74 Å². The molecule has 162 valence electrons. The molecular formula is C25H25F3N2O. The second kappa shape index (κ2) is 9.54. The van der Waals surface area contributed by atoms with Crippen molar-refractivity contribution in [1.29, 1.82) is 0 Å². The van der Waals surface area contributed by atoms with Crippen molar-refractivity contribution >= 4 is 0 Å². The molecule has 3 aromatic rings. The lowest BCUT2D eigenvalue weighted by Gasteiger charge is -2.31. The lowest BCUT2D eigenvalue weighted by Crippen LogP contribution is -2.54. The molecule has 0 bridgehead atoms. The van der Waals surface area contributed by atoms with Gasteiger partial charge in [-0.1, -0.05) is 78.9 Å². The highest BCUT2D eigenvalue weighted by Crippen LogP contribution is 2.36. The molecule has 1 aliphatic rings. The van der Waals surface area contributed by atoms with Gasteiger partial charge in [-0.15, -0.1) is 0 Å². The maximum atomic E-state index is 14.3. The first-order valence-electron chi connectivity index (χ1n) is 10.3. The second-order valence-corrected chi connectivity index (χ2v) is 7.76. The van der Waals surface area contributed by atoms with E-state index in [2.05, 4.69) is 5.32 Å². The van der Waals surface area contributed by atoms with Crippen LogP contribution in [0, 0.1) is 0 Å². The van der Waals surface area contributed by atoms with Crippen molar-refractivity contribution in [2.45, 2.75) is 37.5 Å². The van der Waals surface area contributed by atoms with Gasteiger partial charge >= 0.3 is 6.18 Å². The number of rotatable bonds is 7. The van der Waals surface area contributed by atoms with Gasteiger partial charge in [0.1, 0.15) is 17.9 Å². The number of alkyl halides is 3. The number of halogens is 3. The summed E-state index contributed by atoms with van der Waals surface area (Å²) in [5.74, 6) is 0.571. The van der Waals surface area contributed by atoms with E-state index >= 15 is 0 Å². The quantitative estimate of drug-likeness (QED) is 0.573. The molecule has 1 N–H and O–H groups in total. The normalized spacial score (nSPS) is 21.8. The van der Waals surface area contributed by atoms with Crippen LogP contribution in [-0.4, -0.2) is 35.8 Å². The van der Waals surface area contributed by atoms with E-state index in [9.17, 15) is 13.2 Å². The average molecular weight is 426 g/mol. The summed E-state index contributed by atoms with van der Waals surface area (Å²) in [6, 6.07) is 25.2. The number of likely N-dealkylation sites (tertiary alicyclic amines) is 1. The zero-order valence-corrected chi connectivity index (χ0v) is 17.0. The third kappa shape index (κ3) is 5.46. The van der Waals surface area contributed by atoms with Crippen molar-refractivity contribution in [3.8, 4) is 5.75 Å². The number of para-hydroxylation sites is 1. The Hall–Kier alpha value is -2.83. The molecule has 6 heteroatoms. The van der Waals surface area contributed by atoms with Crippen LogP contribution in [-0.2, 0) is 13.1 Å². The lowest BCUT2D eigenvalue weighted by molar-refractivity contribution is -0.182. The van der Waals surface area contributed by atoms with Crippen LogP contribution < -0.4 is 10.1 Å². The Kier molecular flexibility index (Phi) is 6.59. The fourth-order valence-electron chi connectivity index (χ4n) is 4.14. The molecule has 0 spiro atoms. The second-order valence-electron chi connectivity index (χ2n) is 7.76. The Bertz CT molecular complexity index is 935. The maximum Gasteiger partial charge on any atom is 0.405 e. The van der Waals surface area contributed by atoms with Gasteiger partial charge in [-0.3, -0.25) is 4.90 Å². The number of nitrogens with zero attached hydrogens (tertiary/aromatic N) is 1. The number of ether oxygens (including phenoxy) is 1. The van der Waals surface area contributed by atoms with Gasteiger partial charge in [0.05, 0.1) is 6.04 Å². The van der Waals surface area contributed by atoms with Crippen LogP contribution in [0.5, 0.6) is 5.75 Å². The van der Waals surface area contributed by atoms with Crippen molar-refractivity contribution in [3.63, 3.8) is 0 Å². The Labute approximate surface area is 180 Å². The summed E-state index contributed by atoms with van der Waals surface area (Å²) in [5.41, 5.74) is 1.78. The molecule has 0 unspecified atom stereocenters. The van der Waals surface area contributed by atoms with Gasteiger partial charge in [-0.2, -0.15) is 13.2 Å². The van der Waals surface area contributed by atoms with Gasteiger partial charge in [-0.25, -0.2) is 0 Å². The van der Waals surface area contributed by atoms with Gasteiger partial charge in [0.25, 0.3) is 0 Å². The number of benzene rings is 3. The van der Waals surface area contributed by atoms with E-state index in [1.807, 2.05) is 78.9 Å². The molecule has 3 nitrogen and oxygen atoms in total. The van der Waals surface area contributed by atoms with Crippen LogP contribution in [0.3, 0.4) is 0 Å². The first-order chi connectivity index (χ1) is 15.0. The zero-order chi connectivity index (χ0) is 21.7. The van der Waals surface area contributed by atoms with Crippen LogP contribution in [0.4, 0.5) is 13.2 Å². The van der Waals surface area contributed by atoms with Crippen LogP contribution in [0.15, 0.2) is 91.0 Å². The maximum absolute atomic E-state index is 14.3. The van der Waals surface area contributed by atoms with Crippen LogP contribution in [0.1, 0.15) is 11.1 Å². The van der Waals surface area contributed by atoms with E-state index in [-0.39, 0.29) is 13.1 Å². The molecule has 0 aromatic heterocycles. The summed E-state index contributed by atoms with van der Waals surface area (Å²) in [5, 5.41) is 3.15. The average Bonchev–Trinajstić information content (AvgIpc) is 3.11. The Morgan fingerprint density at radius 2 is 1.35 bits per heavy atom. The van der Waals surface area contributed by atoms with E-state index < -0.39 is 24.4 Å². The highest BCUT2D eigenvalue weighted by Gasteiger charge is 2.56. The largest absolute Gasteiger partial charge is 0.487 e. The Morgan fingerprint density at radius 1 is 0.806 bits per heavy atom. The monoisotopic (exact) mass is 426 g/mol. The molecule has 1 fully saturated rings. The first-order valence-corrected chi connectivity index (χ1v) is 10.3. The molecule has 3 atom stereocenters. The van der Waals surface area contributed by atoms with Crippen LogP contribution in [0.25, 0.3) is 0 Å². The molecule has 1 heterocycles. The smallest absolute Gasteiger partial charge is 0.405 e. The third-order valence-corrected chi connectivity index (χ3v) is 5.53. The molecule has 0 aliphatic carbocycles. The molecular weight excluding hydrogens is 401 g/mol. The molecule has 0 saturated carbocycles. The van der Waals surface area contributed by atoms with Crippen LogP contribution in [0.2, 0.25) is 0 Å². The molecule has 1 saturated heterocycles. The van der Waals surface area contributed by atoms with Crippen LogP contribution >= 0.6 is 0 Å². The summed E-state index contributed by atoms with van der Waals surface area (Å²) in [6.45, 7) is 0.732. The SMILES string of the molecule is FC(F)(F)[C@H]1[C@@H](NCc2ccccc2)[C@@H](Oc2ccccc2)CN1Cc1ccccc1. The van der Waals surface area contributed by atoms with Gasteiger partial charge in [0, 0.05) is 19.6 Å². The fraction of sp³-hybridized carbons (Fsp3) is 0.280. The number of hydrogen-bond acceptors (Lipinski definition) is 3. The standard InChI is InChI=1S/C25H25F3N2O/c26-25(27,28)24-23(29-16-19-10-4-1-5-11-19)22(31-21-14-8-3-9-15-21)18-30(24)17-20-12-6-2-7-13-20/h1-15,22-24,29H,16-18H2/t22-,23-,24+/m0/s1. The summed E-state index contributed by atoms with van der Waals surface area (Å²) in [6.07, 6.45) is -5.03. The van der Waals surface area contributed by atoms with Crippen molar-refractivity contribution in [2.75, 3.05) is 6.54 Å². The molecule has 1 aliphatic heterocycles. The summed E-state index contributed by atoms with van der Waals surface area (Å²) in [4.78, 5) is 1.48.